The Balaban J connectivity index is 1.98. The van der Waals surface area contributed by atoms with Gasteiger partial charge >= 0.3 is 12.1 Å². The predicted molar refractivity (Wildman–Crippen MR) is 95.0 cm³/mol. The van der Waals surface area contributed by atoms with Crippen LogP contribution in [0.3, 0.4) is 0 Å². The van der Waals surface area contributed by atoms with E-state index in [4.69, 9.17) is 9.47 Å². The first-order chi connectivity index (χ1) is 12.2. The molecule has 1 atom stereocenters. The number of rotatable bonds is 5. The lowest BCUT2D eigenvalue weighted by Gasteiger charge is -2.24. The minimum Gasteiger partial charge on any atom is -0.465 e. The number of carbonyl (C=O) groups excluding carboxylic acids is 2. The molecule has 144 valence electrons. The van der Waals surface area contributed by atoms with Crippen molar-refractivity contribution in [3.8, 4) is 0 Å². The Morgan fingerprint density at radius 2 is 2.12 bits per heavy atom. The number of aromatic nitrogens is 2. The second kappa shape index (κ2) is 8.20. The van der Waals surface area contributed by atoms with E-state index >= 15 is 0 Å². The van der Waals surface area contributed by atoms with Gasteiger partial charge in [0.2, 0.25) is 0 Å². The van der Waals surface area contributed by atoms with Gasteiger partial charge in [-0.2, -0.15) is 0 Å². The maximum Gasteiger partial charge on any atom is 0.410 e. The summed E-state index contributed by atoms with van der Waals surface area (Å²) in [6.07, 6.45) is 3.19. The van der Waals surface area contributed by atoms with Gasteiger partial charge in [0, 0.05) is 31.5 Å². The van der Waals surface area contributed by atoms with E-state index in [2.05, 4.69) is 10.3 Å². The van der Waals surface area contributed by atoms with Crippen LogP contribution in [0.15, 0.2) is 17.2 Å². The number of anilines is 1. The van der Waals surface area contributed by atoms with Crippen LogP contribution >= 0.6 is 0 Å². The van der Waals surface area contributed by atoms with Crippen LogP contribution in [0.1, 0.15) is 34.1 Å². The number of esters is 1. The summed E-state index contributed by atoms with van der Waals surface area (Å²) in [5.74, 6) is -0.337. The Bertz CT molecular complexity index is 710. The van der Waals surface area contributed by atoms with Gasteiger partial charge in [-0.25, -0.2) is 9.78 Å². The molecule has 0 unspecified atom stereocenters. The Morgan fingerprint density at radius 1 is 1.38 bits per heavy atom. The fraction of sp³-hybridized carbons (Fsp3) is 0.647. The maximum absolute atomic E-state index is 12.4. The van der Waals surface area contributed by atoms with Crippen LogP contribution in [0.4, 0.5) is 10.6 Å². The standard InChI is InChI=1S/C17H26N4O5/c1-5-25-13(22)11-20-9-7-18-14(15(20)23)19-12-6-8-21(10-12)16(24)26-17(2,3)4/h7,9,12H,5-6,8,10-11H2,1-4H3,(H,18,19)/t12-/m0/s1. The van der Waals surface area contributed by atoms with E-state index in [1.54, 1.807) is 11.8 Å². The van der Waals surface area contributed by atoms with Crippen molar-refractivity contribution in [2.75, 3.05) is 25.0 Å². The number of carbonyl (C=O) groups is 2. The molecular formula is C17H26N4O5. The third-order valence-corrected chi connectivity index (χ3v) is 3.70. The van der Waals surface area contributed by atoms with E-state index in [1.165, 1.54) is 17.0 Å². The largest absolute Gasteiger partial charge is 0.465 e. The number of amides is 1. The van der Waals surface area contributed by atoms with Crippen molar-refractivity contribution in [1.29, 1.82) is 0 Å². The number of hydrogen-bond donors (Lipinski definition) is 1. The van der Waals surface area contributed by atoms with Crippen molar-refractivity contribution in [3.05, 3.63) is 22.7 Å². The fourth-order valence-electron chi connectivity index (χ4n) is 2.58. The maximum atomic E-state index is 12.4. The lowest BCUT2D eigenvalue weighted by molar-refractivity contribution is -0.143. The molecule has 0 aliphatic carbocycles. The van der Waals surface area contributed by atoms with E-state index < -0.39 is 17.1 Å². The third-order valence-electron chi connectivity index (χ3n) is 3.70. The van der Waals surface area contributed by atoms with E-state index in [-0.39, 0.29) is 31.1 Å². The molecular weight excluding hydrogens is 340 g/mol. The van der Waals surface area contributed by atoms with Gasteiger partial charge in [-0.1, -0.05) is 0 Å². The molecule has 1 saturated heterocycles. The average molecular weight is 366 g/mol. The Kier molecular flexibility index (Phi) is 6.23. The molecule has 0 bridgehead atoms. The average Bonchev–Trinajstić information content (AvgIpc) is 2.99. The van der Waals surface area contributed by atoms with Gasteiger partial charge in [0.1, 0.15) is 12.1 Å². The van der Waals surface area contributed by atoms with Gasteiger partial charge in [0.25, 0.3) is 5.56 Å². The lowest BCUT2D eigenvalue weighted by atomic mass is 10.2. The highest BCUT2D eigenvalue weighted by Gasteiger charge is 2.30. The van der Waals surface area contributed by atoms with Crippen LogP contribution in [0, 0.1) is 0 Å². The molecule has 1 N–H and O–H groups in total. The summed E-state index contributed by atoms with van der Waals surface area (Å²) in [6, 6.07) is -0.110. The first-order valence-corrected chi connectivity index (χ1v) is 8.65. The molecule has 1 aliphatic rings. The van der Waals surface area contributed by atoms with Gasteiger partial charge in [-0.15, -0.1) is 0 Å². The molecule has 1 aromatic rings. The van der Waals surface area contributed by atoms with Crippen LogP contribution in [-0.2, 0) is 20.8 Å². The van der Waals surface area contributed by atoms with Crippen molar-refractivity contribution in [2.45, 2.75) is 52.3 Å². The number of likely N-dealkylation sites (tertiary alicyclic amines) is 1. The Labute approximate surface area is 152 Å². The van der Waals surface area contributed by atoms with Crippen LogP contribution in [0.25, 0.3) is 0 Å². The van der Waals surface area contributed by atoms with Gasteiger partial charge in [0.15, 0.2) is 5.82 Å². The van der Waals surface area contributed by atoms with Crippen molar-refractivity contribution in [3.63, 3.8) is 0 Å². The summed E-state index contributed by atoms with van der Waals surface area (Å²) in [4.78, 5) is 41.8. The molecule has 0 saturated carbocycles. The highest BCUT2D eigenvalue weighted by molar-refractivity contribution is 5.69. The summed E-state index contributed by atoms with van der Waals surface area (Å²) in [5.41, 5.74) is -0.957. The monoisotopic (exact) mass is 366 g/mol. The van der Waals surface area contributed by atoms with Crippen LogP contribution < -0.4 is 10.9 Å². The topological polar surface area (TPSA) is 103 Å². The van der Waals surface area contributed by atoms with Crippen LogP contribution in [0.2, 0.25) is 0 Å². The van der Waals surface area contributed by atoms with Crippen LogP contribution in [0.5, 0.6) is 0 Å². The zero-order chi connectivity index (χ0) is 19.3. The van der Waals surface area contributed by atoms with Crippen molar-refractivity contribution in [1.82, 2.24) is 14.5 Å². The zero-order valence-electron chi connectivity index (χ0n) is 15.7. The van der Waals surface area contributed by atoms with Crippen molar-refractivity contribution >= 4 is 17.9 Å². The molecule has 1 aliphatic heterocycles. The van der Waals surface area contributed by atoms with E-state index in [0.29, 0.717) is 19.5 Å². The molecule has 9 nitrogen and oxygen atoms in total. The van der Waals surface area contributed by atoms with E-state index in [0.717, 1.165) is 0 Å². The number of nitrogens with one attached hydrogen (secondary N) is 1. The van der Waals surface area contributed by atoms with E-state index in [1.807, 2.05) is 20.8 Å². The Hall–Kier alpha value is -2.58. The fourth-order valence-corrected chi connectivity index (χ4v) is 2.58. The number of ether oxygens (including phenoxy) is 2. The molecule has 1 aromatic heterocycles. The summed E-state index contributed by atoms with van der Waals surface area (Å²) < 4.78 is 11.5. The molecule has 9 heteroatoms. The van der Waals surface area contributed by atoms with Gasteiger partial charge in [-0.05, 0) is 34.1 Å². The second-order valence-corrected chi connectivity index (χ2v) is 7.07. The second-order valence-electron chi connectivity index (χ2n) is 7.07. The molecule has 26 heavy (non-hydrogen) atoms. The number of hydrogen-bond acceptors (Lipinski definition) is 7. The molecule has 2 rings (SSSR count). The number of nitrogens with zero attached hydrogens (tertiary/aromatic N) is 3. The van der Waals surface area contributed by atoms with Gasteiger partial charge in [-0.3, -0.25) is 14.2 Å². The SMILES string of the molecule is CCOC(=O)Cn1ccnc(N[C@H]2CCN(C(=O)OC(C)(C)C)C2)c1=O. The van der Waals surface area contributed by atoms with E-state index in [9.17, 15) is 14.4 Å². The normalized spacial score (nSPS) is 17.1. The smallest absolute Gasteiger partial charge is 0.410 e. The molecule has 0 radical (unpaired) electrons. The third kappa shape index (κ3) is 5.47. The van der Waals surface area contributed by atoms with Crippen LogP contribution in [-0.4, -0.2) is 57.9 Å². The summed E-state index contributed by atoms with van der Waals surface area (Å²) in [7, 11) is 0. The quantitative estimate of drug-likeness (QED) is 0.782. The summed E-state index contributed by atoms with van der Waals surface area (Å²) in [6.45, 7) is 8.20. The minimum absolute atomic E-state index is 0.110. The lowest BCUT2D eigenvalue weighted by Crippen LogP contribution is -2.37. The first-order valence-electron chi connectivity index (χ1n) is 8.65. The minimum atomic E-state index is -0.551. The molecule has 0 spiro atoms. The predicted octanol–water partition coefficient (Wildman–Crippen LogP) is 1.23. The Morgan fingerprint density at radius 3 is 2.77 bits per heavy atom. The summed E-state index contributed by atoms with van der Waals surface area (Å²) >= 11 is 0. The first kappa shape index (κ1) is 19.7. The zero-order valence-corrected chi connectivity index (χ0v) is 15.7. The van der Waals surface area contributed by atoms with Crippen molar-refractivity contribution in [2.24, 2.45) is 0 Å². The van der Waals surface area contributed by atoms with Gasteiger partial charge < -0.3 is 19.7 Å². The molecule has 1 fully saturated rings. The molecule has 2 heterocycles. The molecule has 1 amide bonds. The summed E-state index contributed by atoms with van der Waals surface area (Å²) in [5, 5.41) is 3.06. The molecule has 0 aromatic carbocycles. The highest BCUT2D eigenvalue weighted by atomic mass is 16.6. The highest BCUT2D eigenvalue weighted by Crippen LogP contribution is 2.17. The van der Waals surface area contributed by atoms with Gasteiger partial charge in [0.05, 0.1) is 6.61 Å². The van der Waals surface area contributed by atoms with Crippen molar-refractivity contribution < 1.29 is 19.1 Å².